The van der Waals surface area contributed by atoms with Crippen molar-refractivity contribution in [3.63, 3.8) is 0 Å². The van der Waals surface area contributed by atoms with Gasteiger partial charge in [-0.3, -0.25) is 9.63 Å². The summed E-state index contributed by atoms with van der Waals surface area (Å²) >= 11 is 0. The van der Waals surface area contributed by atoms with Gasteiger partial charge < -0.3 is 20.1 Å². The van der Waals surface area contributed by atoms with E-state index < -0.39 is 30.2 Å². The van der Waals surface area contributed by atoms with Gasteiger partial charge in [-0.2, -0.15) is 5.06 Å². The second-order valence-electron chi connectivity index (χ2n) is 9.18. The van der Waals surface area contributed by atoms with Crippen molar-refractivity contribution in [3.05, 3.63) is 95.6 Å². The number of hydroxylamine groups is 2. The summed E-state index contributed by atoms with van der Waals surface area (Å²) in [6, 6.07) is 25.7. The van der Waals surface area contributed by atoms with E-state index in [0.717, 1.165) is 27.8 Å². The highest BCUT2D eigenvalue weighted by Crippen LogP contribution is 2.44. The van der Waals surface area contributed by atoms with Gasteiger partial charge in [-0.1, -0.05) is 78.9 Å². The third-order valence-corrected chi connectivity index (χ3v) is 6.76. The van der Waals surface area contributed by atoms with Crippen LogP contribution in [0.5, 0.6) is 0 Å². The van der Waals surface area contributed by atoms with Crippen molar-refractivity contribution >= 4 is 18.0 Å². The maximum absolute atomic E-state index is 12.7. The van der Waals surface area contributed by atoms with Crippen LogP contribution in [-0.2, 0) is 30.4 Å². The number of methoxy groups -OCH3 is 1. The number of fused-ring (bicyclic) bond motifs is 3. The molecule has 5 rings (SSSR count). The summed E-state index contributed by atoms with van der Waals surface area (Å²) < 4.78 is 10.3. The van der Waals surface area contributed by atoms with E-state index in [2.05, 4.69) is 22.8 Å². The molecule has 196 valence electrons. The van der Waals surface area contributed by atoms with Crippen molar-refractivity contribution in [2.75, 3.05) is 20.3 Å². The summed E-state index contributed by atoms with van der Waals surface area (Å²) in [5, 5.41) is 6.88. The monoisotopic (exact) mass is 515 g/mol. The molecule has 0 unspecified atom stereocenters. The molecule has 0 bridgehead atoms. The Bertz CT molecular complexity index is 1270. The lowest BCUT2D eigenvalue weighted by Gasteiger charge is -2.23. The Labute approximate surface area is 220 Å². The second kappa shape index (κ2) is 11.5. The first-order valence-electron chi connectivity index (χ1n) is 12.5. The molecule has 2 atom stereocenters. The van der Waals surface area contributed by atoms with Gasteiger partial charge in [0, 0.05) is 12.3 Å². The van der Waals surface area contributed by atoms with E-state index in [1.54, 1.807) is 5.06 Å². The van der Waals surface area contributed by atoms with E-state index in [9.17, 15) is 14.4 Å². The first kappa shape index (κ1) is 25.4. The van der Waals surface area contributed by atoms with Crippen LogP contribution in [0.2, 0.25) is 0 Å². The number of nitrogens with one attached hydrogen (secondary N) is 2. The number of hydrogen-bond acceptors (Lipinski definition) is 7. The largest absolute Gasteiger partial charge is 0.467 e. The summed E-state index contributed by atoms with van der Waals surface area (Å²) in [6.45, 7) is 0.234. The van der Waals surface area contributed by atoms with Crippen LogP contribution < -0.4 is 10.6 Å². The van der Waals surface area contributed by atoms with Gasteiger partial charge in [-0.25, -0.2) is 9.59 Å². The van der Waals surface area contributed by atoms with Gasteiger partial charge in [0.25, 0.3) is 0 Å². The fourth-order valence-corrected chi connectivity index (χ4v) is 4.95. The average Bonchev–Trinajstić information content (AvgIpc) is 3.49. The summed E-state index contributed by atoms with van der Waals surface area (Å²) in [7, 11) is 1.29. The number of benzene rings is 3. The summed E-state index contributed by atoms with van der Waals surface area (Å²) in [5.74, 6) is -1.02. The molecule has 0 saturated carbocycles. The van der Waals surface area contributed by atoms with Gasteiger partial charge in [0.05, 0.1) is 13.7 Å². The number of alkyl carbamates (subject to hydrolysis) is 1. The molecule has 9 heteroatoms. The Hall–Kier alpha value is -4.21. The molecule has 9 nitrogen and oxygen atoms in total. The average molecular weight is 516 g/mol. The molecule has 2 aliphatic rings. The number of esters is 1. The predicted molar refractivity (Wildman–Crippen MR) is 138 cm³/mol. The number of nitrogens with zero attached hydrogens (tertiary/aromatic N) is 1. The lowest BCUT2D eigenvalue weighted by atomic mass is 9.98. The van der Waals surface area contributed by atoms with E-state index >= 15 is 0 Å². The third-order valence-electron chi connectivity index (χ3n) is 6.76. The topological polar surface area (TPSA) is 106 Å². The highest BCUT2D eigenvalue weighted by molar-refractivity contribution is 5.83. The standard InChI is InChI=1S/C29H29N3O6/c1-36-28(34)25-15-26(32(38-25)17-19-9-3-2-4-10-19)31-27(33)16-30-29(35)37-18-24-22-13-7-5-11-20(22)21-12-6-8-14-23(21)24/h2-14,24-26H,15-18H2,1H3,(H,30,35)(H,31,33)/t25-,26-/m1/s1. The van der Waals surface area contributed by atoms with Crippen molar-refractivity contribution in [1.29, 1.82) is 0 Å². The predicted octanol–water partition coefficient (Wildman–Crippen LogP) is 3.35. The van der Waals surface area contributed by atoms with E-state index in [1.165, 1.54) is 7.11 Å². The van der Waals surface area contributed by atoms with Crippen LogP contribution in [0, 0.1) is 0 Å². The van der Waals surface area contributed by atoms with Gasteiger partial charge in [0.15, 0.2) is 6.10 Å². The van der Waals surface area contributed by atoms with Gasteiger partial charge in [-0.15, -0.1) is 0 Å². The smallest absolute Gasteiger partial charge is 0.407 e. The van der Waals surface area contributed by atoms with Crippen molar-refractivity contribution < 1.29 is 28.7 Å². The molecule has 2 amide bonds. The molecule has 1 saturated heterocycles. The van der Waals surface area contributed by atoms with E-state index in [1.807, 2.05) is 66.7 Å². The first-order valence-corrected chi connectivity index (χ1v) is 12.5. The maximum atomic E-state index is 12.7. The molecule has 2 N–H and O–H groups in total. The second-order valence-corrected chi connectivity index (χ2v) is 9.18. The van der Waals surface area contributed by atoms with Crippen LogP contribution >= 0.6 is 0 Å². The molecular formula is C29H29N3O6. The minimum Gasteiger partial charge on any atom is -0.467 e. The van der Waals surface area contributed by atoms with Gasteiger partial charge >= 0.3 is 12.1 Å². The maximum Gasteiger partial charge on any atom is 0.407 e. The van der Waals surface area contributed by atoms with Crippen molar-refractivity contribution in [1.82, 2.24) is 15.7 Å². The van der Waals surface area contributed by atoms with Crippen molar-refractivity contribution in [3.8, 4) is 11.1 Å². The Morgan fingerprint density at radius 3 is 2.21 bits per heavy atom. The van der Waals surface area contributed by atoms with Crippen LogP contribution in [0.15, 0.2) is 78.9 Å². The number of carbonyl (C=O) groups excluding carboxylic acids is 3. The first-order chi connectivity index (χ1) is 18.5. The molecule has 38 heavy (non-hydrogen) atoms. The molecule has 0 aromatic heterocycles. The number of carbonyl (C=O) groups is 3. The number of amides is 2. The normalized spacial score (nSPS) is 18.3. The number of ether oxygens (including phenoxy) is 2. The third kappa shape index (κ3) is 5.53. The van der Waals surface area contributed by atoms with Crippen LogP contribution in [0.25, 0.3) is 11.1 Å². The van der Waals surface area contributed by atoms with E-state index in [-0.39, 0.29) is 25.5 Å². The molecule has 0 radical (unpaired) electrons. The zero-order valence-corrected chi connectivity index (χ0v) is 21.0. The molecule has 1 aliphatic heterocycles. The molecule has 0 spiro atoms. The molecule has 1 aliphatic carbocycles. The Balaban J connectivity index is 1.14. The Kier molecular flexibility index (Phi) is 7.67. The molecule has 3 aromatic carbocycles. The Morgan fingerprint density at radius 2 is 1.55 bits per heavy atom. The summed E-state index contributed by atoms with van der Waals surface area (Å²) in [6.07, 6.45) is -1.87. The summed E-state index contributed by atoms with van der Waals surface area (Å²) in [5.41, 5.74) is 5.45. The number of rotatable bonds is 8. The summed E-state index contributed by atoms with van der Waals surface area (Å²) in [4.78, 5) is 42.9. The molecular weight excluding hydrogens is 486 g/mol. The van der Waals surface area contributed by atoms with Crippen LogP contribution in [0.4, 0.5) is 4.79 Å². The minimum atomic E-state index is -0.830. The van der Waals surface area contributed by atoms with Crippen molar-refractivity contribution in [2.45, 2.75) is 31.2 Å². The quantitative estimate of drug-likeness (QED) is 0.443. The van der Waals surface area contributed by atoms with E-state index in [4.69, 9.17) is 14.3 Å². The van der Waals surface area contributed by atoms with Crippen LogP contribution in [0.1, 0.15) is 29.0 Å². The Morgan fingerprint density at radius 1 is 0.921 bits per heavy atom. The van der Waals surface area contributed by atoms with Crippen LogP contribution in [0.3, 0.4) is 0 Å². The lowest BCUT2D eigenvalue weighted by molar-refractivity contribution is -0.193. The minimum absolute atomic E-state index is 0.0700. The fraction of sp³-hybridized carbons (Fsp3) is 0.276. The number of hydrogen-bond donors (Lipinski definition) is 2. The van der Waals surface area contributed by atoms with Gasteiger partial charge in [0.2, 0.25) is 5.91 Å². The SMILES string of the molecule is COC(=O)[C@H]1C[C@H](NC(=O)CNC(=O)OCC2c3ccccc3-c3ccccc32)N(Cc2ccccc2)O1. The molecule has 1 heterocycles. The molecule has 1 fully saturated rings. The molecule has 3 aromatic rings. The highest BCUT2D eigenvalue weighted by Gasteiger charge is 2.39. The van der Waals surface area contributed by atoms with Crippen LogP contribution in [-0.4, -0.2) is 55.6 Å². The zero-order chi connectivity index (χ0) is 26.5. The fourth-order valence-electron chi connectivity index (χ4n) is 4.95. The lowest BCUT2D eigenvalue weighted by Crippen LogP contribution is -2.47. The van der Waals surface area contributed by atoms with Gasteiger partial charge in [0.1, 0.15) is 19.3 Å². The zero-order valence-electron chi connectivity index (χ0n) is 21.0. The van der Waals surface area contributed by atoms with E-state index in [0.29, 0.717) is 6.54 Å². The van der Waals surface area contributed by atoms with Gasteiger partial charge in [-0.05, 0) is 27.8 Å². The van der Waals surface area contributed by atoms with Crippen molar-refractivity contribution in [2.24, 2.45) is 0 Å². The highest BCUT2D eigenvalue weighted by atomic mass is 16.7.